The van der Waals surface area contributed by atoms with Crippen LogP contribution in [-0.4, -0.2) is 44.1 Å². The van der Waals surface area contributed by atoms with E-state index in [1.54, 1.807) is 0 Å². The number of rotatable bonds is 10. The van der Waals surface area contributed by atoms with Crippen molar-refractivity contribution < 1.29 is 13.5 Å². The van der Waals surface area contributed by atoms with Crippen molar-refractivity contribution >= 4 is 10.2 Å². The maximum absolute atomic E-state index is 12.1. The summed E-state index contributed by atoms with van der Waals surface area (Å²) in [5, 5.41) is 9.07. The first-order valence-corrected chi connectivity index (χ1v) is 9.75. The molecule has 0 aliphatic carbocycles. The van der Waals surface area contributed by atoms with Gasteiger partial charge in [0.1, 0.15) is 0 Å². The zero-order chi connectivity index (χ0) is 15.7. The maximum Gasteiger partial charge on any atom is 0.279 e. The average molecular weight is 320 g/mol. The first kappa shape index (κ1) is 18.9. The molecule has 1 saturated heterocycles. The van der Waals surface area contributed by atoms with Gasteiger partial charge in [-0.05, 0) is 31.1 Å². The molecule has 0 radical (unpaired) electrons. The Hall–Kier alpha value is -0.170. The molecule has 1 rings (SSSR count). The number of piperidine rings is 1. The standard InChI is InChI=1S/C15H32N2O3S/c1-14(2)7-5-3-4-6-10-16-21(19,20)17-11-8-15(13-18)9-12-17/h14-16,18H,3-13H2,1-2H3. The molecular weight excluding hydrogens is 288 g/mol. The van der Waals surface area contributed by atoms with Crippen molar-refractivity contribution in [1.82, 2.24) is 9.03 Å². The molecule has 5 nitrogen and oxygen atoms in total. The predicted molar refractivity (Wildman–Crippen MR) is 86.2 cm³/mol. The molecule has 0 aromatic carbocycles. The predicted octanol–water partition coefficient (Wildman–Crippen LogP) is 2.13. The molecule has 1 aliphatic heterocycles. The summed E-state index contributed by atoms with van der Waals surface area (Å²) in [5.41, 5.74) is 0. The van der Waals surface area contributed by atoms with Crippen molar-refractivity contribution in [3.05, 3.63) is 0 Å². The maximum atomic E-state index is 12.1. The van der Waals surface area contributed by atoms with E-state index in [0.717, 1.165) is 31.6 Å². The Bertz CT molecular complexity index is 363. The summed E-state index contributed by atoms with van der Waals surface area (Å²) in [6.07, 6.45) is 7.18. The first-order valence-electron chi connectivity index (χ1n) is 8.31. The van der Waals surface area contributed by atoms with Gasteiger partial charge in [0, 0.05) is 26.2 Å². The third-order valence-corrected chi connectivity index (χ3v) is 5.78. The molecule has 1 heterocycles. The third-order valence-electron chi connectivity index (χ3n) is 4.16. The molecule has 126 valence electrons. The van der Waals surface area contributed by atoms with E-state index in [1.165, 1.54) is 23.6 Å². The summed E-state index contributed by atoms with van der Waals surface area (Å²) in [6, 6.07) is 0. The van der Waals surface area contributed by atoms with Gasteiger partial charge in [0.25, 0.3) is 10.2 Å². The lowest BCUT2D eigenvalue weighted by molar-refractivity contribution is 0.169. The molecule has 0 saturated carbocycles. The van der Waals surface area contributed by atoms with Gasteiger partial charge < -0.3 is 5.11 Å². The second-order valence-corrected chi connectivity index (χ2v) is 8.28. The molecule has 1 fully saturated rings. The molecule has 0 unspecified atom stereocenters. The molecule has 6 heteroatoms. The van der Waals surface area contributed by atoms with Gasteiger partial charge in [0.2, 0.25) is 0 Å². The minimum Gasteiger partial charge on any atom is -0.396 e. The summed E-state index contributed by atoms with van der Waals surface area (Å²) in [6.45, 7) is 6.20. The highest BCUT2D eigenvalue weighted by Gasteiger charge is 2.26. The zero-order valence-electron chi connectivity index (χ0n) is 13.6. The van der Waals surface area contributed by atoms with Crippen LogP contribution in [0.1, 0.15) is 58.8 Å². The van der Waals surface area contributed by atoms with Crippen molar-refractivity contribution in [1.29, 1.82) is 0 Å². The quantitative estimate of drug-likeness (QED) is 0.606. The van der Waals surface area contributed by atoms with Crippen LogP contribution in [0.2, 0.25) is 0 Å². The smallest absolute Gasteiger partial charge is 0.279 e. The molecule has 2 N–H and O–H groups in total. The van der Waals surface area contributed by atoms with Crippen molar-refractivity contribution in [2.75, 3.05) is 26.2 Å². The largest absolute Gasteiger partial charge is 0.396 e. The Morgan fingerprint density at radius 3 is 2.33 bits per heavy atom. The van der Waals surface area contributed by atoms with Gasteiger partial charge in [0.15, 0.2) is 0 Å². The van der Waals surface area contributed by atoms with Crippen LogP contribution >= 0.6 is 0 Å². The summed E-state index contributed by atoms with van der Waals surface area (Å²) >= 11 is 0. The normalized spacial score (nSPS) is 18.5. The SMILES string of the molecule is CC(C)CCCCCCNS(=O)(=O)N1CCC(CO)CC1. The van der Waals surface area contributed by atoms with Gasteiger partial charge in [-0.25, -0.2) is 4.72 Å². The molecule has 0 bridgehead atoms. The number of aliphatic hydroxyl groups excluding tert-OH is 1. The highest BCUT2D eigenvalue weighted by molar-refractivity contribution is 7.87. The van der Waals surface area contributed by atoms with Crippen LogP contribution in [0.5, 0.6) is 0 Å². The first-order chi connectivity index (χ1) is 9.95. The fraction of sp³-hybridized carbons (Fsp3) is 1.00. The monoisotopic (exact) mass is 320 g/mol. The fourth-order valence-electron chi connectivity index (χ4n) is 2.66. The molecule has 0 spiro atoms. The number of hydrogen-bond donors (Lipinski definition) is 2. The fourth-order valence-corrected chi connectivity index (χ4v) is 3.93. The molecule has 0 aromatic heterocycles. The average Bonchev–Trinajstić information content (AvgIpc) is 2.46. The summed E-state index contributed by atoms with van der Waals surface area (Å²) in [5.74, 6) is 1.02. The summed E-state index contributed by atoms with van der Waals surface area (Å²) < 4.78 is 28.4. The van der Waals surface area contributed by atoms with E-state index in [4.69, 9.17) is 5.11 Å². The van der Waals surface area contributed by atoms with E-state index >= 15 is 0 Å². The molecule has 0 atom stereocenters. The van der Waals surface area contributed by atoms with E-state index < -0.39 is 10.2 Å². The van der Waals surface area contributed by atoms with Crippen LogP contribution in [-0.2, 0) is 10.2 Å². The highest BCUT2D eigenvalue weighted by atomic mass is 32.2. The molecule has 0 aromatic rings. The summed E-state index contributed by atoms with van der Waals surface area (Å²) in [4.78, 5) is 0. The van der Waals surface area contributed by atoms with Crippen molar-refractivity contribution in [3.63, 3.8) is 0 Å². The van der Waals surface area contributed by atoms with Crippen LogP contribution in [0, 0.1) is 11.8 Å². The van der Waals surface area contributed by atoms with Gasteiger partial charge in [0.05, 0.1) is 0 Å². The molecule has 0 amide bonds. The van der Waals surface area contributed by atoms with E-state index in [0.29, 0.717) is 19.6 Å². The lowest BCUT2D eigenvalue weighted by Gasteiger charge is -2.30. The second-order valence-electron chi connectivity index (χ2n) is 6.52. The minimum absolute atomic E-state index is 0.164. The Balaban J connectivity index is 2.13. The highest BCUT2D eigenvalue weighted by Crippen LogP contribution is 2.18. The van der Waals surface area contributed by atoms with E-state index in [2.05, 4.69) is 18.6 Å². The van der Waals surface area contributed by atoms with Crippen LogP contribution in [0.25, 0.3) is 0 Å². The number of hydrogen-bond acceptors (Lipinski definition) is 3. The van der Waals surface area contributed by atoms with Gasteiger partial charge in [-0.1, -0.05) is 39.5 Å². The van der Waals surface area contributed by atoms with Gasteiger partial charge in [-0.3, -0.25) is 0 Å². The Morgan fingerprint density at radius 1 is 1.14 bits per heavy atom. The number of unbranched alkanes of at least 4 members (excludes halogenated alkanes) is 3. The topological polar surface area (TPSA) is 69.6 Å². The number of nitrogens with zero attached hydrogens (tertiary/aromatic N) is 1. The van der Waals surface area contributed by atoms with Crippen LogP contribution in [0.3, 0.4) is 0 Å². The number of nitrogens with one attached hydrogen (secondary N) is 1. The molecular formula is C15H32N2O3S. The van der Waals surface area contributed by atoms with Crippen molar-refractivity contribution in [2.45, 2.75) is 58.8 Å². The number of aliphatic hydroxyl groups is 1. The van der Waals surface area contributed by atoms with Gasteiger partial charge >= 0.3 is 0 Å². The molecule has 1 aliphatic rings. The Morgan fingerprint density at radius 2 is 1.76 bits per heavy atom. The lowest BCUT2D eigenvalue weighted by atomic mass is 10.00. The van der Waals surface area contributed by atoms with Crippen molar-refractivity contribution in [2.24, 2.45) is 11.8 Å². The van der Waals surface area contributed by atoms with E-state index in [9.17, 15) is 8.42 Å². The Kier molecular flexibility index (Phi) is 8.78. The zero-order valence-corrected chi connectivity index (χ0v) is 14.4. The third kappa shape index (κ3) is 7.58. The van der Waals surface area contributed by atoms with Gasteiger partial charge in [-0.2, -0.15) is 12.7 Å². The van der Waals surface area contributed by atoms with E-state index in [-0.39, 0.29) is 12.5 Å². The molecule has 21 heavy (non-hydrogen) atoms. The summed E-state index contributed by atoms with van der Waals surface area (Å²) in [7, 11) is -3.32. The van der Waals surface area contributed by atoms with Crippen LogP contribution in [0.15, 0.2) is 0 Å². The lowest BCUT2D eigenvalue weighted by Crippen LogP contribution is -2.45. The van der Waals surface area contributed by atoms with Gasteiger partial charge in [-0.15, -0.1) is 0 Å². The Labute approximate surface area is 130 Å². The minimum atomic E-state index is -3.32. The van der Waals surface area contributed by atoms with Crippen molar-refractivity contribution in [3.8, 4) is 0 Å². The second kappa shape index (κ2) is 9.77. The van der Waals surface area contributed by atoms with Crippen LogP contribution in [0.4, 0.5) is 0 Å². The van der Waals surface area contributed by atoms with Crippen LogP contribution < -0.4 is 4.72 Å². The van der Waals surface area contributed by atoms with E-state index in [1.807, 2.05) is 0 Å².